The van der Waals surface area contributed by atoms with Crippen LogP contribution in [0.15, 0.2) is 12.2 Å². The standard InChI is InChI=1S/C39H70O15/c1-3-5-7-9-11-12-13-14-16-18-20-22-31(42)52-27(24-49-30(41)21-19-17-15-10-8-6-4-2)25-50-38-37(48)35(46)33(44)29(54-38)26-51-39-36(47)34(45)32(43)28(23-40)53-39/h9,11,27-29,32-40,43-48H,3-8,10,12-26H2,1-2H3/b11-9+/t27-,28-,29-,32+,33+,34?,35?,36?,37?,38-,39-/m1/s1. The molecule has 2 aliphatic heterocycles. The predicted octanol–water partition coefficient (Wildman–Crippen LogP) is 2.70. The number of esters is 2. The lowest BCUT2D eigenvalue weighted by atomic mass is 9.98. The number of unbranched alkanes of at least 4 members (excludes halogenated alkanes) is 13. The van der Waals surface area contributed by atoms with Gasteiger partial charge in [-0.15, -0.1) is 0 Å². The van der Waals surface area contributed by atoms with Crippen LogP contribution in [0.1, 0.15) is 129 Å². The lowest BCUT2D eigenvalue weighted by Gasteiger charge is -2.42. The number of hydrogen-bond acceptors (Lipinski definition) is 15. The number of allylic oxidation sites excluding steroid dienone is 2. The maximum Gasteiger partial charge on any atom is 0.306 e. The third kappa shape index (κ3) is 18.5. The molecule has 11 atom stereocenters. The molecule has 2 rings (SSSR count). The summed E-state index contributed by atoms with van der Waals surface area (Å²) < 4.78 is 33.2. The molecule has 0 aromatic rings. The molecule has 316 valence electrons. The topological polar surface area (TPSA) is 231 Å². The monoisotopic (exact) mass is 778 g/mol. The molecule has 4 unspecified atom stereocenters. The molecule has 0 spiro atoms. The quantitative estimate of drug-likeness (QED) is 0.0329. The number of rotatable bonds is 29. The van der Waals surface area contributed by atoms with E-state index in [0.29, 0.717) is 12.8 Å². The van der Waals surface area contributed by atoms with Crippen molar-refractivity contribution < 1.29 is 73.8 Å². The van der Waals surface area contributed by atoms with Crippen LogP contribution in [0, 0.1) is 0 Å². The second kappa shape index (κ2) is 28.6. The van der Waals surface area contributed by atoms with E-state index >= 15 is 0 Å². The van der Waals surface area contributed by atoms with Gasteiger partial charge in [-0.3, -0.25) is 9.59 Å². The van der Waals surface area contributed by atoms with Gasteiger partial charge in [0.2, 0.25) is 0 Å². The Morgan fingerprint density at radius 1 is 0.574 bits per heavy atom. The molecule has 0 radical (unpaired) electrons. The van der Waals surface area contributed by atoms with E-state index in [0.717, 1.165) is 64.2 Å². The van der Waals surface area contributed by atoms with Crippen LogP contribution in [-0.4, -0.2) is 142 Å². The van der Waals surface area contributed by atoms with Gasteiger partial charge in [-0.2, -0.15) is 0 Å². The fraction of sp³-hybridized carbons (Fsp3) is 0.897. The highest BCUT2D eigenvalue weighted by atomic mass is 16.7. The van der Waals surface area contributed by atoms with Crippen LogP contribution in [0.5, 0.6) is 0 Å². The number of carbonyl (C=O) groups is 2. The normalized spacial score (nSPS) is 29.4. The van der Waals surface area contributed by atoms with Crippen molar-refractivity contribution in [3.8, 4) is 0 Å². The molecule has 2 fully saturated rings. The van der Waals surface area contributed by atoms with Crippen LogP contribution in [0.25, 0.3) is 0 Å². The Bertz CT molecular complexity index is 1010. The zero-order chi connectivity index (χ0) is 39.7. The zero-order valence-corrected chi connectivity index (χ0v) is 32.5. The van der Waals surface area contributed by atoms with Gasteiger partial charge in [0.25, 0.3) is 0 Å². The first-order chi connectivity index (χ1) is 26.0. The van der Waals surface area contributed by atoms with Gasteiger partial charge in [0.15, 0.2) is 18.7 Å². The van der Waals surface area contributed by atoms with E-state index in [2.05, 4.69) is 26.0 Å². The first kappa shape index (κ1) is 48.4. The van der Waals surface area contributed by atoms with Crippen molar-refractivity contribution in [1.29, 1.82) is 0 Å². The molecule has 2 aliphatic rings. The summed E-state index contributed by atoms with van der Waals surface area (Å²) in [5.74, 6) is -0.945. The predicted molar refractivity (Wildman–Crippen MR) is 197 cm³/mol. The minimum atomic E-state index is -1.76. The zero-order valence-electron chi connectivity index (χ0n) is 32.5. The van der Waals surface area contributed by atoms with Crippen molar-refractivity contribution in [2.24, 2.45) is 0 Å². The average molecular weight is 779 g/mol. The van der Waals surface area contributed by atoms with Crippen LogP contribution in [-0.2, 0) is 38.0 Å². The molecule has 15 nitrogen and oxygen atoms in total. The van der Waals surface area contributed by atoms with Crippen LogP contribution in [0.2, 0.25) is 0 Å². The van der Waals surface area contributed by atoms with Crippen LogP contribution >= 0.6 is 0 Å². The van der Waals surface area contributed by atoms with Crippen molar-refractivity contribution in [3.63, 3.8) is 0 Å². The van der Waals surface area contributed by atoms with E-state index in [-0.39, 0.29) is 26.1 Å². The number of aliphatic hydroxyl groups excluding tert-OH is 7. The number of aliphatic hydroxyl groups is 7. The lowest BCUT2D eigenvalue weighted by molar-refractivity contribution is -0.332. The molecule has 0 bridgehead atoms. The second-order valence-electron chi connectivity index (χ2n) is 14.5. The van der Waals surface area contributed by atoms with Crippen molar-refractivity contribution in [2.45, 2.75) is 197 Å². The molecule has 2 heterocycles. The smallest absolute Gasteiger partial charge is 0.306 e. The molecule has 2 saturated heterocycles. The minimum absolute atomic E-state index is 0.157. The van der Waals surface area contributed by atoms with Gasteiger partial charge in [-0.25, -0.2) is 0 Å². The highest BCUT2D eigenvalue weighted by Crippen LogP contribution is 2.26. The van der Waals surface area contributed by atoms with Gasteiger partial charge in [-0.1, -0.05) is 96.6 Å². The van der Waals surface area contributed by atoms with E-state index in [1.165, 1.54) is 25.7 Å². The number of hydrogen-bond donors (Lipinski definition) is 7. The van der Waals surface area contributed by atoms with E-state index in [4.69, 9.17) is 28.4 Å². The van der Waals surface area contributed by atoms with E-state index in [9.17, 15) is 45.3 Å². The summed E-state index contributed by atoms with van der Waals surface area (Å²) in [7, 11) is 0. The van der Waals surface area contributed by atoms with Crippen LogP contribution in [0.3, 0.4) is 0 Å². The Kier molecular flexibility index (Phi) is 25.6. The van der Waals surface area contributed by atoms with Crippen LogP contribution < -0.4 is 0 Å². The molecule has 7 N–H and O–H groups in total. The molecular formula is C39H70O15. The third-order valence-corrected chi connectivity index (χ3v) is 9.74. The molecule has 15 heteroatoms. The SMILES string of the molecule is CCCC/C=C/CCCCCCCC(=O)O[C@H](COC(=O)CCCCCCCCC)CO[C@@H]1O[C@H](CO[C@@H]2O[C@H](CO)[C@H](O)C(O)C2O)[C@H](O)C(O)C1O. The summed E-state index contributed by atoms with van der Waals surface area (Å²) in [6.07, 6.45) is 4.44. The fourth-order valence-electron chi connectivity index (χ4n) is 6.25. The molecule has 0 amide bonds. The van der Waals surface area contributed by atoms with Gasteiger partial charge in [0.1, 0.15) is 55.4 Å². The van der Waals surface area contributed by atoms with Crippen molar-refractivity contribution in [1.82, 2.24) is 0 Å². The van der Waals surface area contributed by atoms with E-state index < -0.39 is 92.7 Å². The van der Waals surface area contributed by atoms with Gasteiger partial charge < -0.3 is 64.2 Å². The summed E-state index contributed by atoms with van der Waals surface area (Å²) >= 11 is 0. The highest BCUT2D eigenvalue weighted by molar-refractivity contribution is 5.70. The minimum Gasteiger partial charge on any atom is -0.462 e. The summed E-state index contributed by atoms with van der Waals surface area (Å²) in [6, 6.07) is 0. The Hall–Kier alpha value is -1.76. The molecule has 0 aliphatic carbocycles. The molecular weight excluding hydrogens is 708 g/mol. The summed E-state index contributed by atoms with van der Waals surface area (Å²) in [5.41, 5.74) is 0. The first-order valence-corrected chi connectivity index (χ1v) is 20.3. The number of carbonyl (C=O) groups excluding carboxylic acids is 2. The van der Waals surface area contributed by atoms with Gasteiger partial charge in [-0.05, 0) is 32.1 Å². The lowest BCUT2D eigenvalue weighted by Crippen LogP contribution is -2.61. The Morgan fingerprint density at radius 3 is 1.69 bits per heavy atom. The van der Waals surface area contributed by atoms with Crippen molar-refractivity contribution in [2.75, 3.05) is 26.4 Å². The number of ether oxygens (including phenoxy) is 6. The summed E-state index contributed by atoms with van der Waals surface area (Å²) in [5, 5.41) is 71.5. The molecule has 0 aromatic carbocycles. The maximum atomic E-state index is 12.8. The molecule has 0 aromatic heterocycles. The maximum absolute atomic E-state index is 12.8. The van der Waals surface area contributed by atoms with Crippen LogP contribution in [0.4, 0.5) is 0 Å². The van der Waals surface area contributed by atoms with E-state index in [1.54, 1.807) is 0 Å². The Labute approximate surface area is 320 Å². The van der Waals surface area contributed by atoms with Crippen molar-refractivity contribution >= 4 is 11.9 Å². The van der Waals surface area contributed by atoms with E-state index in [1.807, 2.05) is 0 Å². The summed E-state index contributed by atoms with van der Waals surface area (Å²) in [4.78, 5) is 25.3. The first-order valence-electron chi connectivity index (χ1n) is 20.3. The summed E-state index contributed by atoms with van der Waals surface area (Å²) in [6.45, 7) is 2.44. The Balaban J connectivity index is 1.91. The van der Waals surface area contributed by atoms with Gasteiger partial charge >= 0.3 is 11.9 Å². The second-order valence-corrected chi connectivity index (χ2v) is 14.5. The Morgan fingerprint density at radius 2 is 1.07 bits per heavy atom. The largest absolute Gasteiger partial charge is 0.462 e. The third-order valence-electron chi connectivity index (χ3n) is 9.74. The van der Waals surface area contributed by atoms with Gasteiger partial charge in [0, 0.05) is 12.8 Å². The highest BCUT2D eigenvalue weighted by Gasteiger charge is 2.47. The molecule has 54 heavy (non-hydrogen) atoms. The van der Waals surface area contributed by atoms with Gasteiger partial charge in [0.05, 0.1) is 19.8 Å². The van der Waals surface area contributed by atoms with Crippen molar-refractivity contribution in [3.05, 3.63) is 12.2 Å². The fourth-order valence-corrected chi connectivity index (χ4v) is 6.25. The average Bonchev–Trinajstić information content (AvgIpc) is 3.16. The molecule has 0 saturated carbocycles.